The molecule has 4 aromatic rings. The van der Waals surface area contributed by atoms with E-state index in [-0.39, 0.29) is 5.56 Å². The number of anilines is 1. The summed E-state index contributed by atoms with van der Waals surface area (Å²) in [4.78, 5) is 18.0. The van der Waals surface area contributed by atoms with Crippen LogP contribution in [0.4, 0.5) is 5.69 Å². The summed E-state index contributed by atoms with van der Waals surface area (Å²) in [7, 11) is 0. The smallest absolute Gasteiger partial charge is 0.266 e. The topological polar surface area (TPSA) is 46.9 Å². The van der Waals surface area contributed by atoms with Crippen LogP contribution in [0, 0.1) is 6.92 Å². The summed E-state index contributed by atoms with van der Waals surface area (Å²) in [6.45, 7) is 2.94. The van der Waals surface area contributed by atoms with Gasteiger partial charge in [-0.25, -0.2) is 4.98 Å². The van der Waals surface area contributed by atoms with Crippen molar-refractivity contribution in [1.29, 1.82) is 0 Å². The summed E-state index contributed by atoms with van der Waals surface area (Å²) in [5, 5.41) is 5.37. The van der Waals surface area contributed by atoms with Crippen LogP contribution >= 0.6 is 23.4 Å². The zero-order chi connectivity index (χ0) is 20.9. The second-order valence-corrected chi connectivity index (χ2v) is 8.52. The number of aryl methyl sites for hydroxylation is 1. The zero-order valence-corrected chi connectivity index (χ0v) is 18.2. The van der Waals surface area contributed by atoms with Crippen LogP contribution in [-0.4, -0.2) is 21.8 Å². The van der Waals surface area contributed by atoms with Gasteiger partial charge in [0.2, 0.25) is 0 Å². The maximum absolute atomic E-state index is 13.2. The lowest BCUT2D eigenvalue weighted by Crippen LogP contribution is -2.21. The number of benzene rings is 3. The van der Waals surface area contributed by atoms with E-state index >= 15 is 0 Å². The van der Waals surface area contributed by atoms with Crippen molar-refractivity contribution < 1.29 is 0 Å². The monoisotopic (exact) mass is 435 g/mol. The van der Waals surface area contributed by atoms with Crippen LogP contribution in [0.2, 0.25) is 5.02 Å². The summed E-state index contributed by atoms with van der Waals surface area (Å²) in [5.74, 6) is 0.844. The molecule has 1 N–H and O–H groups in total. The standard InChI is InChI=1S/C24H22ClN3OS/c1-17-7-11-19(12-8-17)26-15-4-16-30-24-27-22-6-3-2-5-21(22)23(29)28(24)20-13-9-18(25)10-14-20/h2-3,5-14,26H,4,15-16H2,1H3. The minimum Gasteiger partial charge on any atom is -0.385 e. The highest BCUT2D eigenvalue weighted by atomic mass is 35.5. The third-order valence-electron chi connectivity index (χ3n) is 4.76. The summed E-state index contributed by atoms with van der Waals surface area (Å²) < 4.78 is 1.68. The Labute approximate surface area is 184 Å². The summed E-state index contributed by atoms with van der Waals surface area (Å²) in [6.07, 6.45) is 0.946. The third kappa shape index (κ3) is 4.69. The number of aromatic nitrogens is 2. The quantitative estimate of drug-likeness (QED) is 0.221. The molecule has 1 aromatic heterocycles. The number of fused-ring (bicyclic) bond motifs is 1. The predicted octanol–water partition coefficient (Wildman–Crippen LogP) is 5.94. The molecule has 4 rings (SSSR count). The molecule has 0 spiro atoms. The Morgan fingerprint density at radius 2 is 1.73 bits per heavy atom. The number of hydrogen-bond donors (Lipinski definition) is 1. The van der Waals surface area contributed by atoms with Gasteiger partial charge >= 0.3 is 0 Å². The first-order chi connectivity index (χ1) is 14.6. The van der Waals surface area contributed by atoms with Crippen LogP contribution in [0.3, 0.4) is 0 Å². The first-order valence-corrected chi connectivity index (χ1v) is 11.2. The Hall–Kier alpha value is -2.76. The van der Waals surface area contributed by atoms with Gasteiger partial charge in [0.05, 0.1) is 16.6 Å². The molecule has 6 heteroatoms. The van der Waals surface area contributed by atoms with Gasteiger partial charge in [0.15, 0.2) is 5.16 Å². The largest absolute Gasteiger partial charge is 0.385 e. The molecule has 0 aliphatic rings. The van der Waals surface area contributed by atoms with Crippen molar-refractivity contribution in [2.75, 3.05) is 17.6 Å². The molecule has 0 fully saturated rings. The van der Waals surface area contributed by atoms with Crippen LogP contribution in [0.15, 0.2) is 82.7 Å². The van der Waals surface area contributed by atoms with Gasteiger partial charge in [-0.05, 0) is 61.9 Å². The molecule has 0 saturated carbocycles. The van der Waals surface area contributed by atoms with Crippen molar-refractivity contribution in [3.05, 3.63) is 93.7 Å². The Balaban J connectivity index is 1.53. The van der Waals surface area contributed by atoms with Crippen LogP contribution in [-0.2, 0) is 0 Å². The second-order valence-electron chi connectivity index (χ2n) is 7.02. The van der Waals surface area contributed by atoms with E-state index in [9.17, 15) is 4.79 Å². The fourth-order valence-corrected chi connectivity index (χ4v) is 4.24. The number of rotatable bonds is 7. The van der Waals surface area contributed by atoms with E-state index in [4.69, 9.17) is 16.6 Å². The van der Waals surface area contributed by atoms with E-state index in [1.807, 2.05) is 36.4 Å². The van der Waals surface area contributed by atoms with E-state index in [0.29, 0.717) is 21.1 Å². The minimum atomic E-state index is -0.0665. The molecule has 0 aliphatic heterocycles. The molecule has 3 aromatic carbocycles. The van der Waals surface area contributed by atoms with Crippen LogP contribution in [0.25, 0.3) is 16.6 Å². The predicted molar refractivity (Wildman–Crippen MR) is 127 cm³/mol. The van der Waals surface area contributed by atoms with Crippen molar-refractivity contribution in [2.45, 2.75) is 18.5 Å². The summed E-state index contributed by atoms with van der Waals surface area (Å²) in [6, 6.07) is 23.1. The van der Waals surface area contributed by atoms with Crippen LogP contribution < -0.4 is 10.9 Å². The number of halogens is 1. The number of para-hydroxylation sites is 1. The van der Waals surface area contributed by atoms with Crippen molar-refractivity contribution in [2.24, 2.45) is 0 Å². The van der Waals surface area contributed by atoms with Gasteiger partial charge in [-0.3, -0.25) is 9.36 Å². The van der Waals surface area contributed by atoms with E-state index in [0.717, 1.165) is 30.1 Å². The van der Waals surface area contributed by atoms with E-state index in [1.54, 1.807) is 28.5 Å². The summed E-state index contributed by atoms with van der Waals surface area (Å²) in [5.41, 5.74) is 3.78. The molecule has 0 radical (unpaired) electrons. The zero-order valence-electron chi connectivity index (χ0n) is 16.6. The fraction of sp³-hybridized carbons (Fsp3) is 0.167. The Morgan fingerprint density at radius 1 is 1.00 bits per heavy atom. The molecule has 30 heavy (non-hydrogen) atoms. The molecule has 0 unspecified atom stereocenters. The lowest BCUT2D eigenvalue weighted by molar-refractivity contribution is 0.818. The Bertz CT molecular complexity index is 1200. The van der Waals surface area contributed by atoms with Gasteiger partial charge in [0, 0.05) is 23.0 Å². The molecule has 0 amide bonds. The molecule has 4 nitrogen and oxygen atoms in total. The first kappa shape index (κ1) is 20.5. The fourth-order valence-electron chi connectivity index (χ4n) is 3.17. The van der Waals surface area contributed by atoms with Gasteiger partial charge in [-0.15, -0.1) is 0 Å². The summed E-state index contributed by atoms with van der Waals surface area (Å²) >= 11 is 7.63. The van der Waals surface area contributed by atoms with Crippen molar-refractivity contribution in [1.82, 2.24) is 9.55 Å². The maximum atomic E-state index is 13.2. The van der Waals surface area contributed by atoms with Crippen LogP contribution in [0.5, 0.6) is 0 Å². The van der Waals surface area contributed by atoms with E-state index in [1.165, 1.54) is 5.56 Å². The number of nitrogens with one attached hydrogen (secondary N) is 1. The molecule has 0 bridgehead atoms. The maximum Gasteiger partial charge on any atom is 0.266 e. The lowest BCUT2D eigenvalue weighted by atomic mass is 10.2. The second kappa shape index (κ2) is 9.37. The van der Waals surface area contributed by atoms with Crippen molar-refractivity contribution in [3.8, 4) is 5.69 Å². The molecule has 0 saturated heterocycles. The molecule has 0 aliphatic carbocycles. The lowest BCUT2D eigenvalue weighted by Gasteiger charge is -2.13. The number of thioether (sulfide) groups is 1. The van der Waals surface area contributed by atoms with Crippen molar-refractivity contribution >= 4 is 40.0 Å². The van der Waals surface area contributed by atoms with Crippen LogP contribution in [0.1, 0.15) is 12.0 Å². The van der Waals surface area contributed by atoms with Gasteiger partial charge in [0.1, 0.15) is 0 Å². The normalized spacial score (nSPS) is 11.0. The SMILES string of the molecule is Cc1ccc(NCCCSc2nc3ccccc3c(=O)n2-c2ccc(Cl)cc2)cc1. The number of hydrogen-bond acceptors (Lipinski definition) is 4. The first-order valence-electron chi connectivity index (χ1n) is 9.83. The highest BCUT2D eigenvalue weighted by Crippen LogP contribution is 2.23. The van der Waals surface area contributed by atoms with Gasteiger partial charge < -0.3 is 5.32 Å². The van der Waals surface area contributed by atoms with E-state index in [2.05, 4.69) is 36.5 Å². The highest BCUT2D eigenvalue weighted by molar-refractivity contribution is 7.99. The Kier molecular flexibility index (Phi) is 6.41. The van der Waals surface area contributed by atoms with Gasteiger partial charge in [-0.2, -0.15) is 0 Å². The van der Waals surface area contributed by atoms with Gasteiger partial charge in [-0.1, -0.05) is 53.2 Å². The number of nitrogens with zero attached hydrogens (tertiary/aromatic N) is 2. The third-order valence-corrected chi connectivity index (χ3v) is 6.04. The van der Waals surface area contributed by atoms with Crippen molar-refractivity contribution in [3.63, 3.8) is 0 Å². The highest BCUT2D eigenvalue weighted by Gasteiger charge is 2.13. The van der Waals surface area contributed by atoms with Gasteiger partial charge in [0.25, 0.3) is 5.56 Å². The molecule has 152 valence electrons. The molecule has 1 heterocycles. The average molecular weight is 436 g/mol. The Morgan fingerprint density at radius 3 is 2.50 bits per heavy atom. The molecular weight excluding hydrogens is 414 g/mol. The average Bonchev–Trinajstić information content (AvgIpc) is 2.76. The molecular formula is C24H22ClN3OS. The molecule has 0 atom stereocenters. The van der Waals surface area contributed by atoms with E-state index < -0.39 is 0 Å². The minimum absolute atomic E-state index is 0.0665.